The van der Waals surface area contributed by atoms with E-state index in [9.17, 15) is 4.79 Å². The van der Waals surface area contributed by atoms with Crippen molar-refractivity contribution < 1.29 is 14.3 Å². The number of nitrogens with one attached hydrogen (secondary N) is 2. The lowest BCUT2D eigenvalue weighted by molar-refractivity contribution is -0.118. The van der Waals surface area contributed by atoms with Crippen LogP contribution in [0.25, 0.3) is 0 Å². The molecule has 2 heterocycles. The maximum Gasteiger partial charge on any atom is 0.262 e. The molecule has 1 aromatic heterocycles. The number of piperidine rings is 1. The van der Waals surface area contributed by atoms with Crippen LogP contribution in [0.4, 0.5) is 23.1 Å². The van der Waals surface area contributed by atoms with Gasteiger partial charge in [-0.3, -0.25) is 4.79 Å². The van der Waals surface area contributed by atoms with E-state index in [0.29, 0.717) is 23.1 Å². The van der Waals surface area contributed by atoms with Crippen LogP contribution in [-0.4, -0.2) is 42.7 Å². The summed E-state index contributed by atoms with van der Waals surface area (Å²) in [5.41, 5.74) is 2.45. The van der Waals surface area contributed by atoms with Gasteiger partial charge in [0.15, 0.2) is 6.61 Å². The summed E-state index contributed by atoms with van der Waals surface area (Å²) in [5, 5.41) is 6.10. The number of anilines is 4. The summed E-state index contributed by atoms with van der Waals surface area (Å²) >= 11 is 0. The third-order valence-electron chi connectivity index (χ3n) is 5.36. The Morgan fingerprint density at radius 1 is 0.970 bits per heavy atom. The second-order valence-electron chi connectivity index (χ2n) is 7.96. The Balaban J connectivity index is 1.32. The van der Waals surface area contributed by atoms with Crippen molar-refractivity contribution in [2.24, 2.45) is 0 Å². The molecule has 0 atom stereocenters. The number of amides is 1. The van der Waals surface area contributed by atoms with Crippen LogP contribution in [0.5, 0.6) is 11.5 Å². The van der Waals surface area contributed by atoms with E-state index in [4.69, 9.17) is 14.5 Å². The van der Waals surface area contributed by atoms with Crippen molar-refractivity contribution in [1.29, 1.82) is 0 Å². The van der Waals surface area contributed by atoms with E-state index >= 15 is 0 Å². The highest BCUT2D eigenvalue weighted by Gasteiger charge is 2.14. The fourth-order valence-corrected chi connectivity index (χ4v) is 3.70. The van der Waals surface area contributed by atoms with Gasteiger partial charge in [0.25, 0.3) is 5.91 Å². The Bertz CT molecular complexity index is 1080. The van der Waals surface area contributed by atoms with Crippen LogP contribution in [0.1, 0.15) is 25.0 Å². The highest BCUT2D eigenvalue weighted by atomic mass is 16.5. The van der Waals surface area contributed by atoms with Gasteiger partial charge in [0.05, 0.1) is 7.11 Å². The molecule has 2 aromatic carbocycles. The highest BCUT2D eigenvalue weighted by Crippen LogP contribution is 2.23. The number of nitrogens with zero attached hydrogens (tertiary/aromatic N) is 3. The molecule has 8 heteroatoms. The molecule has 0 radical (unpaired) electrons. The number of benzene rings is 2. The van der Waals surface area contributed by atoms with E-state index in [1.807, 2.05) is 49.4 Å². The van der Waals surface area contributed by atoms with Gasteiger partial charge < -0.3 is 25.0 Å². The summed E-state index contributed by atoms with van der Waals surface area (Å²) in [6.45, 7) is 3.95. The van der Waals surface area contributed by atoms with E-state index in [1.165, 1.54) is 19.3 Å². The Morgan fingerprint density at radius 3 is 2.45 bits per heavy atom. The molecule has 1 fully saturated rings. The maximum atomic E-state index is 12.2. The van der Waals surface area contributed by atoms with Crippen molar-refractivity contribution in [2.75, 3.05) is 42.3 Å². The summed E-state index contributed by atoms with van der Waals surface area (Å²) in [4.78, 5) is 23.8. The number of aromatic nitrogens is 2. The lowest BCUT2D eigenvalue weighted by Gasteiger charge is -2.28. The van der Waals surface area contributed by atoms with Gasteiger partial charge in [-0.2, -0.15) is 4.98 Å². The summed E-state index contributed by atoms with van der Waals surface area (Å²) in [7, 11) is 1.59. The van der Waals surface area contributed by atoms with Crippen molar-refractivity contribution >= 4 is 29.0 Å². The van der Waals surface area contributed by atoms with Gasteiger partial charge >= 0.3 is 0 Å². The van der Waals surface area contributed by atoms with Crippen molar-refractivity contribution in [1.82, 2.24) is 9.97 Å². The van der Waals surface area contributed by atoms with E-state index in [-0.39, 0.29) is 12.5 Å². The van der Waals surface area contributed by atoms with Gasteiger partial charge in [0.1, 0.15) is 17.3 Å². The second-order valence-corrected chi connectivity index (χ2v) is 7.96. The molecule has 0 aliphatic carbocycles. The van der Waals surface area contributed by atoms with Crippen LogP contribution in [0, 0.1) is 6.92 Å². The van der Waals surface area contributed by atoms with Crippen LogP contribution in [-0.2, 0) is 4.79 Å². The number of hydrogen-bond acceptors (Lipinski definition) is 7. The van der Waals surface area contributed by atoms with Crippen LogP contribution >= 0.6 is 0 Å². The average Bonchev–Trinajstić information content (AvgIpc) is 2.84. The van der Waals surface area contributed by atoms with Crippen molar-refractivity contribution in [3.63, 3.8) is 0 Å². The van der Waals surface area contributed by atoms with Crippen LogP contribution in [0.3, 0.4) is 0 Å². The summed E-state index contributed by atoms with van der Waals surface area (Å²) < 4.78 is 10.7. The van der Waals surface area contributed by atoms with Crippen LogP contribution in [0.2, 0.25) is 0 Å². The SMILES string of the molecule is COc1cccc(OCC(=O)Nc2ccc(Nc3nc(C)cc(N4CCCCC4)n3)cc2)c1. The van der Waals surface area contributed by atoms with Crippen LogP contribution < -0.4 is 25.0 Å². The molecule has 1 aliphatic heterocycles. The monoisotopic (exact) mass is 447 g/mol. The number of methoxy groups -OCH3 is 1. The molecule has 0 bridgehead atoms. The molecule has 0 saturated carbocycles. The van der Waals surface area contributed by atoms with Gasteiger partial charge in [0, 0.05) is 42.3 Å². The standard InChI is InChI=1S/C25H29N5O3/c1-18-15-23(30-13-4-3-5-14-30)29-25(26-18)28-20-11-9-19(10-12-20)27-24(31)17-33-22-8-6-7-21(16-22)32-2/h6-12,15-16H,3-5,13-14,17H2,1-2H3,(H,27,31)(H,26,28,29). The number of rotatable bonds is 8. The van der Waals surface area contributed by atoms with E-state index in [0.717, 1.165) is 30.3 Å². The first kappa shape index (κ1) is 22.4. The van der Waals surface area contributed by atoms with E-state index in [1.54, 1.807) is 19.2 Å². The number of carbonyl (C=O) groups excluding carboxylic acids is 1. The van der Waals surface area contributed by atoms with Gasteiger partial charge in [-0.15, -0.1) is 0 Å². The molecule has 172 valence electrons. The molecule has 3 aromatic rings. The Morgan fingerprint density at radius 2 is 1.70 bits per heavy atom. The topological polar surface area (TPSA) is 88.6 Å². The smallest absolute Gasteiger partial charge is 0.262 e. The molecule has 0 spiro atoms. The summed E-state index contributed by atoms with van der Waals surface area (Å²) in [6.07, 6.45) is 3.68. The average molecular weight is 448 g/mol. The molecule has 0 unspecified atom stereocenters. The fraction of sp³-hybridized carbons (Fsp3) is 0.320. The lowest BCUT2D eigenvalue weighted by Crippen LogP contribution is -2.30. The predicted octanol–water partition coefficient (Wildman–Crippen LogP) is 4.55. The number of ether oxygens (including phenoxy) is 2. The third-order valence-corrected chi connectivity index (χ3v) is 5.36. The summed E-state index contributed by atoms with van der Waals surface area (Å²) in [6, 6.07) is 16.6. The maximum absolute atomic E-state index is 12.2. The Kier molecular flexibility index (Phi) is 7.24. The largest absolute Gasteiger partial charge is 0.497 e. The van der Waals surface area contributed by atoms with E-state index in [2.05, 4.69) is 20.5 Å². The minimum absolute atomic E-state index is 0.0937. The molecular weight excluding hydrogens is 418 g/mol. The molecule has 2 N–H and O–H groups in total. The molecule has 8 nitrogen and oxygen atoms in total. The lowest BCUT2D eigenvalue weighted by atomic mass is 10.1. The first-order valence-corrected chi connectivity index (χ1v) is 11.1. The molecule has 33 heavy (non-hydrogen) atoms. The fourth-order valence-electron chi connectivity index (χ4n) is 3.70. The highest BCUT2D eigenvalue weighted by molar-refractivity contribution is 5.92. The van der Waals surface area contributed by atoms with Crippen LogP contribution in [0.15, 0.2) is 54.6 Å². The number of carbonyl (C=O) groups is 1. The predicted molar refractivity (Wildman–Crippen MR) is 130 cm³/mol. The molecule has 1 saturated heterocycles. The zero-order valence-electron chi connectivity index (χ0n) is 19.0. The first-order chi connectivity index (χ1) is 16.1. The quantitative estimate of drug-likeness (QED) is 0.524. The third kappa shape index (κ3) is 6.35. The second kappa shape index (κ2) is 10.7. The van der Waals surface area contributed by atoms with Crippen molar-refractivity contribution in [3.8, 4) is 11.5 Å². The zero-order valence-corrected chi connectivity index (χ0v) is 19.0. The van der Waals surface area contributed by atoms with Gasteiger partial charge in [-0.25, -0.2) is 4.98 Å². The molecule has 1 amide bonds. The Labute approximate surface area is 194 Å². The van der Waals surface area contributed by atoms with E-state index < -0.39 is 0 Å². The minimum atomic E-state index is -0.244. The first-order valence-electron chi connectivity index (χ1n) is 11.1. The molecular formula is C25H29N5O3. The van der Waals surface area contributed by atoms with Gasteiger partial charge in [-0.05, 0) is 62.6 Å². The summed E-state index contributed by atoms with van der Waals surface area (Å²) in [5.74, 6) is 2.54. The number of hydrogen-bond donors (Lipinski definition) is 2. The number of aryl methyl sites for hydroxylation is 1. The molecule has 4 rings (SSSR count). The van der Waals surface area contributed by atoms with Gasteiger partial charge in [0.2, 0.25) is 5.95 Å². The Hall–Kier alpha value is -3.81. The van der Waals surface area contributed by atoms with Crippen molar-refractivity contribution in [2.45, 2.75) is 26.2 Å². The minimum Gasteiger partial charge on any atom is -0.497 e. The molecule has 1 aliphatic rings. The van der Waals surface area contributed by atoms with Gasteiger partial charge in [-0.1, -0.05) is 6.07 Å². The normalized spacial score (nSPS) is 13.3. The zero-order chi connectivity index (χ0) is 23.0. The van der Waals surface area contributed by atoms with Crippen molar-refractivity contribution in [3.05, 3.63) is 60.3 Å².